The van der Waals surface area contributed by atoms with Crippen molar-refractivity contribution in [1.29, 1.82) is 0 Å². The average molecular weight is 221 g/mol. The number of rotatable bonds is 2. The van der Waals surface area contributed by atoms with Gasteiger partial charge in [0.05, 0.1) is 6.61 Å². The van der Waals surface area contributed by atoms with Gasteiger partial charge in [0.15, 0.2) is 0 Å². The van der Waals surface area contributed by atoms with Gasteiger partial charge in [-0.3, -0.25) is 0 Å². The van der Waals surface area contributed by atoms with Crippen LogP contribution in [-0.4, -0.2) is 29.4 Å². The van der Waals surface area contributed by atoms with Crippen molar-refractivity contribution >= 4 is 5.69 Å². The van der Waals surface area contributed by atoms with Crippen molar-refractivity contribution in [3.63, 3.8) is 0 Å². The van der Waals surface area contributed by atoms with Gasteiger partial charge in [-0.15, -0.1) is 0 Å². The highest BCUT2D eigenvalue weighted by Crippen LogP contribution is 2.45. The SMILES string of the molecule is CC1N(CCO)c2ccc(O)cc2C1(C)C. The Labute approximate surface area is 96.3 Å². The molecule has 0 aromatic heterocycles. The van der Waals surface area contributed by atoms with Crippen molar-refractivity contribution in [2.45, 2.75) is 32.2 Å². The quantitative estimate of drug-likeness (QED) is 0.801. The normalized spacial score (nSPS) is 22.2. The Balaban J connectivity index is 2.51. The first kappa shape index (κ1) is 11.3. The number of β-amino-alcohol motifs (C(OH)–C–C–N with tert-alkyl or cyclic N) is 1. The minimum atomic E-state index is 0.00322. The predicted octanol–water partition coefficient (Wildman–Crippen LogP) is 1.87. The Hall–Kier alpha value is -1.22. The monoisotopic (exact) mass is 221 g/mol. The fraction of sp³-hybridized carbons (Fsp3) is 0.538. The summed E-state index contributed by atoms with van der Waals surface area (Å²) >= 11 is 0. The fourth-order valence-electron chi connectivity index (χ4n) is 2.54. The van der Waals surface area contributed by atoms with Crippen LogP contribution in [0.3, 0.4) is 0 Å². The molecule has 3 nitrogen and oxygen atoms in total. The van der Waals surface area contributed by atoms with Crippen LogP contribution >= 0.6 is 0 Å². The van der Waals surface area contributed by atoms with Crippen molar-refractivity contribution in [2.75, 3.05) is 18.1 Å². The highest BCUT2D eigenvalue weighted by atomic mass is 16.3. The summed E-state index contributed by atoms with van der Waals surface area (Å²) in [7, 11) is 0. The van der Waals surface area contributed by atoms with Gasteiger partial charge in [-0.2, -0.15) is 0 Å². The lowest BCUT2D eigenvalue weighted by molar-refractivity contribution is 0.293. The van der Waals surface area contributed by atoms with Crippen molar-refractivity contribution in [3.05, 3.63) is 23.8 Å². The number of fused-ring (bicyclic) bond motifs is 1. The molecule has 3 heteroatoms. The maximum absolute atomic E-state index is 9.56. The average Bonchev–Trinajstić information content (AvgIpc) is 2.41. The molecule has 0 radical (unpaired) electrons. The van der Waals surface area contributed by atoms with Gasteiger partial charge in [0, 0.05) is 23.7 Å². The number of nitrogens with zero attached hydrogens (tertiary/aromatic N) is 1. The van der Waals surface area contributed by atoms with Crippen molar-refractivity contribution in [2.24, 2.45) is 0 Å². The van der Waals surface area contributed by atoms with Gasteiger partial charge in [-0.1, -0.05) is 13.8 Å². The van der Waals surface area contributed by atoms with Gasteiger partial charge >= 0.3 is 0 Å². The van der Waals surface area contributed by atoms with Gasteiger partial charge < -0.3 is 15.1 Å². The van der Waals surface area contributed by atoms with Crippen LogP contribution in [0.5, 0.6) is 5.75 Å². The van der Waals surface area contributed by atoms with Crippen LogP contribution in [0.25, 0.3) is 0 Å². The molecule has 2 N–H and O–H groups in total. The molecule has 0 spiro atoms. The van der Waals surface area contributed by atoms with E-state index in [1.54, 1.807) is 6.07 Å². The van der Waals surface area contributed by atoms with Crippen LogP contribution in [-0.2, 0) is 5.41 Å². The zero-order valence-corrected chi connectivity index (χ0v) is 10.1. The van der Waals surface area contributed by atoms with E-state index >= 15 is 0 Å². The van der Waals surface area contributed by atoms with Crippen LogP contribution < -0.4 is 4.90 Å². The number of anilines is 1. The summed E-state index contributed by atoms with van der Waals surface area (Å²) in [4.78, 5) is 2.20. The minimum Gasteiger partial charge on any atom is -0.508 e. The zero-order valence-electron chi connectivity index (χ0n) is 10.1. The van der Waals surface area contributed by atoms with E-state index in [4.69, 9.17) is 5.11 Å². The van der Waals surface area contributed by atoms with Crippen LogP contribution in [0, 0.1) is 0 Å². The van der Waals surface area contributed by atoms with E-state index in [2.05, 4.69) is 25.7 Å². The van der Waals surface area contributed by atoms with Crippen molar-refractivity contribution < 1.29 is 10.2 Å². The summed E-state index contributed by atoms with van der Waals surface area (Å²) in [5.74, 6) is 0.310. The lowest BCUT2D eigenvalue weighted by atomic mass is 9.81. The summed E-state index contributed by atoms with van der Waals surface area (Å²) < 4.78 is 0. The molecule has 0 bridgehead atoms. The largest absolute Gasteiger partial charge is 0.508 e. The third-order valence-electron chi connectivity index (χ3n) is 3.84. The standard InChI is InChI=1S/C13H19NO2/c1-9-13(2,3)11-8-10(16)4-5-12(11)14(9)6-7-15/h4-5,8-9,15-16H,6-7H2,1-3H3. The first-order valence-electron chi connectivity index (χ1n) is 5.69. The number of phenolic OH excluding ortho intramolecular Hbond substituents is 1. The third kappa shape index (κ3) is 1.47. The van der Waals surface area contributed by atoms with Crippen LogP contribution in [0.1, 0.15) is 26.3 Å². The molecule has 88 valence electrons. The molecule has 1 atom stereocenters. The highest BCUT2D eigenvalue weighted by molar-refractivity contribution is 5.65. The van der Waals surface area contributed by atoms with Crippen LogP contribution in [0.4, 0.5) is 5.69 Å². The maximum atomic E-state index is 9.56. The van der Waals surface area contributed by atoms with E-state index in [0.29, 0.717) is 18.3 Å². The zero-order chi connectivity index (χ0) is 11.9. The molecule has 1 aromatic carbocycles. The third-order valence-corrected chi connectivity index (χ3v) is 3.84. The topological polar surface area (TPSA) is 43.7 Å². The van der Waals surface area contributed by atoms with E-state index < -0.39 is 0 Å². The Morgan fingerprint density at radius 1 is 1.38 bits per heavy atom. The van der Waals surface area contributed by atoms with Crippen LogP contribution in [0.2, 0.25) is 0 Å². The number of aliphatic hydroxyl groups is 1. The lowest BCUT2D eigenvalue weighted by Gasteiger charge is -2.31. The summed E-state index contributed by atoms with van der Waals surface area (Å²) in [5, 5.41) is 18.7. The molecule has 0 saturated heterocycles. The molecular weight excluding hydrogens is 202 g/mol. The Bertz CT molecular complexity index is 401. The number of aliphatic hydroxyl groups excluding tert-OH is 1. The number of aromatic hydroxyl groups is 1. The van der Waals surface area contributed by atoms with Gasteiger partial charge in [0.2, 0.25) is 0 Å². The molecule has 1 aliphatic heterocycles. The van der Waals surface area contributed by atoms with Gasteiger partial charge in [0.1, 0.15) is 5.75 Å². The van der Waals surface area contributed by atoms with E-state index in [-0.39, 0.29) is 12.0 Å². The lowest BCUT2D eigenvalue weighted by Crippen LogP contribution is -2.40. The molecule has 1 unspecified atom stereocenters. The molecule has 1 heterocycles. The van der Waals surface area contributed by atoms with E-state index in [9.17, 15) is 5.11 Å². The van der Waals surface area contributed by atoms with E-state index in [1.807, 2.05) is 12.1 Å². The van der Waals surface area contributed by atoms with Crippen molar-refractivity contribution in [1.82, 2.24) is 0 Å². The highest BCUT2D eigenvalue weighted by Gasteiger charge is 2.41. The molecule has 0 fully saturated rings. The summed E-state index contributed by atoms with van der Waals surface area (Å²) in [6.45, 7) is 7.30. The maximum Gasteiger partial charge on any atom is 0.116 e. The fourth-order valence-corrected chi connectivity index (χ4v) is 2.54. The molecule has 0 amide bonds. The predicted molar refractivity (Wildman–Crippen MR) is 65.0 cm³/mol. The van der Waals surface area contributed by atoms with Crippen LogP contribution in [0.15, 0.2) is 18.2 Å². The summed E-state index contributed by atoms with van der Waals surface area (Å²) in [6, 6.07) is 5.81. The van der Waals surface area contributed by atoms with Crippen molar-refractivity contribution in [3.8, 4) is 5.75 Å². The molecule has 0 saturated carbocycles. The second kappa shape index (κ2) is 3.67. The summed E-state index contributed by atoms with van der Waals surface area (Å²) in [5.41, 5.74) is 2.29. The van der Waals surface area contributed by atoms with Gasteiger partial charge in [0.25, 0.3) is 0 Å². The first-order chi connectivity index (χ1) is 7.48. The number of benzene rings is 1. The van der Waals surface area contributed by atoms with Gasteiger partial charge in [-0.05, 0) is 30.7 Å². The molecule has 16 heavy (non-hydrogen) atoms. The molecule has 0 aliphatic carbocycles. The minimum absolute atomic E-state index is 0.00322. The molecule has 1 aliphatic rings. The Kier molecular flexibility index (Phi) is 2.58. The number of phenols is 1. The smallest absolute Gasteiger partial charge is 0.116 e. The Morgan fingerprint density at radius 2 is 2.06 bits per heavy atom. The molecule has 1 aromatic rings. The Morgan fingerprint density at radius 3 is 2.69 bits per heavy atom. The molecular formula is C13H19NO2. The second-order valence-electron chi connectivity index (χ2n) is 5.02. The van der Waals surface area contributed by atoms with Gasteiger partial charge in [-0.25, -0.2) is 0 Å². The summed E-state index contributed by atoms with van der Waals surface area (Å²) in [6.07, 6.45) is 0. The number of hydrogen-bond donors (Lipinski definition) is 2. The first-order valence-corrected chi connectivity index (χ1v) is 5.69. The second-order valence-corrected chi connectivity index (χ2v) is 5.02. The van der Waals surface area contributed by atoms with E-state index in [1.165, 1.54) is 0 Å². The molecule has 2 rings (SSSR count). The number of hydrogen-bond acceptors (Lipinski definition) is 3. The van der Waals surface area contributed by atoms with E-state index in [0.717, 1.165) is 11.3 Å².